The van der Waals surface area contributed by atoms with Crippen LogP contribution in [0.5, 0.6) is 5.75 Å². The van der Waals surface area contributed by atoms with Gasteiger partial charge in [0.25, 0.3) is 0 Å². The van der Waals surface area contributed by atoms with Crippen LogP contribution in [0.25, 0.3) is 0 Å². The lowest BCUT2D eigenvalue weighted by Gasteiger charge is -2.11. The van der Waals surface area contributed by atoms with E-state index in [0.717, 1.165) is 0 Å². The molecule has 0 aromatic heterocycles. The minimum Gasteiger partial charge on any atom is -0.505 e. The lowest BCUT2D eigenvalue weighted by atomic mass is 9.95. The fourth-order valence-electron chi connectivity index (χ4n) is 1.61. The molecule has 0 spiro atoms. The molecule has 1 fully saturated rings. The van der Waals surface area contributed by atoms with Gasteiger partial charge in [-0.2, -0.15) is 0 Å². The average molecular weight is 196 g/mol. The Morgan fingerprint density at radius 3 is 2.57 bits per heavy atom. The SMILES string of the molecule is O=C(O)C1(c2cccc(O)c2F)CC1. The van der Waals surface area contributed by atoms with Crippen molar-refractivity contribution in [2.75, 3.05) is 0 Å². The molecule has 0 bridgehead atoms. The van der Waals surface area contributed by atoms with Crippen molar-refractivity contribution >= 4 is 5.97 Å². The largest absolute Gasteiger partial charge is 0.505 e. The maximum absolute atomic E-state index is 13.4. The Labute approximate surface area is 79.8 Å². The third kappa shape index (κ3) is 1.07. The highest BCUT2D eigenvalue weighted by atomic mass is 19.1. The second kappa shape index (κ2) is 2.70. The highest BCUT2D eigenvalue weighted by Gasteiger charge is 2.53. The molecular formula is C10H9FO3. The van der Waals surface area contributed by atoms with Gasteiger partial charge in [-0.1, -0.05) is 12.1 Å². The summed E-state index contributed by atoms with van der Waals surface area (Å²) in [5.41, 5.74) is -1.01. The van der Waals surface area contributed by atoms with Crippen LogP contribution >= 0.6 is 0 Å². The molecule has 0 amide bonds. The highest BCUT2D eigenvalue weighted by molar-refractivity contribution is 5.85. The Balaban J connectivity index is 2.52. The van der Waals surface area contributed by atoms with Crippen molar-refractivity contribution in [3.05, 3.63) is 29.6 Å². The van der Waals surface area contributed by atoms with Gasteiger partial charge in [-0.05, 0) is 18.9 Å². The summed E-state index contributed by atoms with van der Waals surface area (Å²) < 4.78 is 13.4. The summed E-state index contributed by atoms with van der Waals surface area (Å²) in [6.45, 7) is 0. The van der Waals surface area contributed by atoms with E-state index in [1.165, 1.54) is 18.2 Å². The number of carbonyl (C=O) groups is 1. The van der Waals surface area contributed by atoms with E-state index in [-0.39, 0.29) is 5.56 Å². The first kappa shape index (κ1) is 8.99. The minimum absolute atomic E-state index is 0.0880. The maximum Gasteiger partial charge on any atom is 0.314 e. The molecule has 2 rings (SSSR count). The highest BCUT2D eigenvalue weighted by Crippen LogP contribution is 2.50. The number of halogens is 1. The first-order chi connectivity index (χ1) is 6.58. The predicted octanol–water partition coefficient (Wildman–Crippen LogP) is 1.65. The number of hydrogen-bond acceptors (Lipinski definition) is 2. The first-order valence-electron chi connectivity index (χ1n) is 4.29. The fourth-order valence-corrected chi connectivity index (χ4v) is 1.61. The number of carboxylic acid groups (broad SMARTS) is 1. The number of benzene rings is 1. The van der Waals surface area contributed by atoms with Gasteiger partial charge in [0, 0.05) is 5.56 Å². The van der Waals surface area contributed by atoms with Gasteiger partial charge >= 0.3 is 5.97 Å². The zero-order valence-corrected chi connectivity index (χ0v) is 7.33. The number of hydrogen-bond donors (Lipinski definition) is 2. The van der Waals surface area contributed by atoms with Crippen LogP contribution < -0.4 is 0 Å². The third-order valence-electron chi connectivity index (χ3n) is 2.65. The quantitative estimate of drug-likeness (QED) is 0.756. The molecular weight excluding hydrogens is 187 g/mol. The van der Waals surface area contributed by atoms with Gasteiger partial charge < -0.3 is 10.2 Å². The summed E-state index contributed by atoms with van der Waals surface area (Å²) >= 11 is 0. The second-order valence-electron chi connectivity index (χ2n) is 3.53. The van der Waals surface area contributed by atoms with Gasteiger partial charge in [0.1, 0.15) is 0 Å². The summed E-state index contributed by atoms with van der Waals surface area (Å²) in [7, 11) is 0. The third-order valence-corrected chi connectivity index (χ3v) is 2.65. The van der Waals surface area contributed by atoms with Crippen LogP contribution in [0, 0.1) is 5.82 Å². The normalized spacial score (nSPS) is 17.8. The van der Waals surface area contributed by atoms with Crippen LogP contribution in [0.4, 0.5) is 4.39 Å². The molecule has 4 heteroatoms. The lowest BCUT2D eigenvalue weighted by molar-refractivity contribution is -0.140. The number of aromatic hydroxyl groups is 1. The van der Waals surface area contributed by atoms with Crippen molar-refractivity contribution in [3.63, 3.8) is 0 Å². The van der Waals surface area contributed by atoms with Crippen LogP contribution in [-0.2, 0) is 10.2 Å². The first-order valence-corrected chi connectivity index (χ1v) is 4.29. The zero-order valence-electron chi connectivity index (χ0n) is 7.33. The van der Waals surface area contributed by atoms with Crippen LogP contribution in [0.2, 0.25) is 0 Å². The van der Waals surface area contributed by atoms with Crippen molar-refractivity contribution in [2.24, 2.45) is 0 Å². The Hall–Kier alpha value is -1.58. The molecule has 1 aliphatic carbocycles. The van der Waals surface area contributed by atoms with Crippen LogP contribution in [-0.4, -0.2) is 16.2 Å². The van der Waals surface area contributed by atoms with Gasteiger partial charge in [-0.3, -0.25) is 4.79 Å². The van der Waals surface area contributed by atoms with Gasteiger partial charge in [0.15, 0.2) is 11.6 Å². The summed E-state index contributed by atoms with van der Waals surface area (Å²) in [5, 5.41) is 18.0. The Kier molecular flexibility index (Phi) is 1.74. The van der Waals surface area contributed by atoms with Gasteiger partial charge in [0.2, 0.25) is 0 Å². The lowest BCUT2D eigenvalue weighted by Crippen LogP contribution is -2.20. The standard InChI is InChI=1S/C10H9FO3/c11-8-6(2-1-3-7(8)12)10(4-5-10)9(13)14/h1-3,12H,4-5H2,(H,13,14). The van der Waals surface area contributed by atoms with E-state index < -0.39 is 23.0 Å². The molecule has 0 saturated heterocycles. The Bertz CT molecular complexity index is 396. The monoisotopic (exact) mass is 196 g/mol. The summed E-state index contributed by atoms with van der Waals surface area (Å²) in [5.74, 6) is -2.33. The summed E-state index contributed by atoms with van der Waals surface area (Å²) in [4.78, 5) is 10.9. The number of phenolic OH excluding ortho intramolecular Hbond substituents is 1. The van der Waals surface area contributed by atoms with E-state index in [9.17, 15) is 9.18 Å². The van der Waals surface area contributed by atoms with E-state index >= 15 is 0 Å². The van der Waals surface area contributed by atoms with E-state index in [1.54, 1.807) is 0 Å². The maximum atomic E-state index is 13.4. The second-order valence-corrected chi connectivity index (χ2v) is 3.53. The van der Waals surface area contributed by atoms with Crippen molar-refractivity contribution in [3.8, 4) is 5.75 Å². The van der Waals surface area contributed by atoms with Gasteiger partial charge in [-0.15, -0.1) is 0 Å². The van der Waals surface area contributed by atoms with E-state index in [1.807, 2.05) is 0 Å². The Morgan fingerprint density at radius 2 is 2.07 bits per heavy atom. The smallest absolute Gasteiger partial charge is 0.314 e. The van der Waals surface area contributed by atoms with E-state index in [0.29, 0.717) is 12.8 Å². The fraction of sp³-hybridized carbons (Fsp3) is 0.300. The molecule has 1 aromatic carbocycles. The zero-order chi connectivity index (χ0) is 10.3. The molecule has 0 aliphatic heterocycles. The van der Waals surface area contributed by atoms with Crippen molar-refractivity contribution in [2.45, 2.75) is 18.3 Å². The molecule has 1 aliphatic rings. The van der Waals surface area contributed by atoms with E-state index in [2.05, 4.69) is 0 Å². The molecule has 1 saturated carbocycles. The average Bonchev–Trinajstić information content (AvgIpc) is 2.90. The molecule has 0 radical (unpaired) electrons. The van der Waals surface area contributed by atoms with Gasteiger partial charge in [-0.25, -0.2) is 4.39 Å². The number of aliphatic carboxylic acids is 1. The van der Waals surface area contributed by atoms with Crippen molar-refractivity contribution in [1.82, 2.24) is 0 Å². The summed E-state index contributed by atoms with van der Waals surface area (Å²) in [6.07, 6.45) is 0.866. The molecule has 2 N–H and O–H groups in total. The van der Waals surface area contributed by atoms with Crippen LogP contribution in [0.3, 0.4) is 0 Å². The summed E-state index contributed by atoms with van der Waals surface area (Å²) in [6, 6.07) is 4.07. The topological polar surface area (TPSA) is 57.5 Å². The Morgan fingerprint density at radius 1 is 1.43 bits per heavy atom. The van der Waals surface area contributed by atoms with Crippen LogP contribution in [0.1, 0.15) is 18.4 Å². The van der Waals surface area contributed by atoms with E-state index in [4.69, 9.17) is 10.2 Å². The molecule has 0 atom stereocenters. The van der Waals surface area contributed by atoms with Crippen LogP contribution in [0.15, 0.2) is 18.2 Å². The molecule has 74 valence electrons. The number of carboxylic acids is 1. The van der Waals surface area contributed by atoms with Gasteiger partial charge in [0.05, 0.1) is 5.41 Å². The minimum atomic E-state index is -1.09. The number of phenols is 1. The molecule has 0 unspecified atom stereocenters. The molecule has 14 heavy (non-hydrogen) atoms. The molecule has 3 nitrogen and oxygen atoms in total. The molecule has 1 aromatic rings. The molecule has 0 heterocycles. The number of rotatable bonds is 2. The van der Waals surface area contributed by atoms with Crippen molar-refractivity contribution in [1.29, 1.82) is 0 Å². The van der Waals surface area contributed by atoms with Crippen molar-refractivity contribution < 1.29 is 19.4 Å². The predicted molar refractivity (Wildman–Crippen MR) is 46.6 cm³/mol.